The highest BCUT2D eigenvalue weighted by atomic mass is 19.1. The molecule has 98 valence electrons. The summed E-state index contributed by atoms with van der Waals surface area (Å²) < 4.78 is 13.2. The molecule has 5 heteroatoms. The lowest BCUT2D eigenvalue weighted by molar-refractivity contribution is -0.137. The van der Waals surface area contributed by atoms with E-state index < -0.39 is 11.8 Å². The Morgan fingerprint density at radius 2 is 2.00 bits per heavy atom. The van der Waals surface area contributed by atoms with Crippen LogP contribution in [-0.4, -0.2) is 35.0 Å². The summed E-state index contributed by atoms with van der Waals surface area (Å²) in [4.78, 5) is 23.9. The molecule has 0 aromatic heterocycles. The number of hydrogen-bond donors (Lipinski definition) is 1. The van der Waals surface area contributed by atoms with Gasteiger partial charge in [-0.05, 0) is 37.6 Å². The molecule has 0 bridgehead atoms. The van der Waals surface area contributed by atoms with Crippen molar-refractivity contribution >= 4 is 11.9 Å². The lowest BCUT2D eigenvalue weighted by Gasteiger charge is -2.20. The Balaban J connectivity index is 2.85. The molecule has 1 rings (SSSR count). The van der Waals surface area contributed by atoms with E-state index in [1.807, 2.05) is 0 Å². The average Bonchev–Trinajstić information content (AvgIpc) is 2.27. The molecule has 1 N–H and O–H groups in total. The molecule has 0 fully saturated rings. The minimum absolute atomic E-state index is 0.117. The Morgan fingerprint density at radius 1 is 1.33 bits per heavy atom. The minimum Gasteiger partial charge on any atom is -0.481 e. The van der Waals surface area contributed by atoms with Crippen molar-refractivity contribution in [3.05, 3.63) is 35.1 Å². The van der Waals surface area contributed by atoms with Crippen molar-refractivity contribution in [1.29, 1.82) is 0 Å². The predicted octanol–water partition coefficient (Wildman–Crippen LogP) is 2.07. The lowest BCUT2D eigenvalue weighted by Crippen LogP contribution is -2.32. The first-order chi connectivity index (χ1) is 8.43. The van der Waals surface area contributed by atoms with Crippen molar-refractivity contribution < 1.29 is 19.1 Å². The lowest BCUT2D eigenvalue weighted by atomic mass is 10.1. The van der Waals surface area contributed by atoms with Crippen LogP contribution >= 0.6 is 0 Å². The van der Waals surface area contributed by atoms with Gasteiger partial charge in [-0.15, -0.1) is 0 Å². The van der Waals surface area contributed by atoms with Crippen LogP contribution in [0.5, 0.6) is 0 Å². The maximum Gasteiger partial charge on any atom is 0.305 e. The zero-order valence-corrected chi connectivity index (χ0v) is 10.4. The van der Waals surface area contributed by atoms with Gasteiger partial charge in [0.2, 0.25) is 0 Å². The van der Waals surface area contributed by atoms with Gasteiger partial charge in [-0.25, -0.2) is 4.39 Å². The summed E-state index contributed by atoms with van der Waals surface area (Å²) in [7, 11) is 0. The van der Waals surface area contributed by atoms with Gasteiger partial charge in [-0.2, -0.15) is 0 Å². The van der Waals surface area contributed by atoms with Crippen LogP contribution in [-0.2, 0) is 4.79 Å². The monoisotopic (exact) mass is 253 g/mol. The molecule has 0 radical (unpaired) electrons. The minimum atomic E-state index is -0.961. The van der Waals surface area contributed by atoms with Gasteiger partial charge in [0, 0.05) is 18.7 Å². The molecule has 0 aliphatic heterocycles. The summed E-state index contributed by atoms with van der Waals surface area (Å²) in [5.41, 5.74) is 0.910. The van der Waals surface area contributed by atoms with Crippen LogP contribution in [0.3, 0.4) is 0 Å². The number of carboxylic acid groups (broad SMARTS) is 1. The van der Waals surface area contributed by atoms with Crippen molar-refractivity contribution in [2.75, 3.05) is 13.1 Å². The Labute approximate surface area is 105 Å². The smallest absolute Gasteiger partial charge is 0.305 e. The molecule has 0 saturated heterocycles. The number of benzene rings is 1. The van der Waals surface area contributed by atoms with Crippen molar-refractivity contribution in [1.82, 2.24) is 4.90 Å². The number of hydrogen-bond acceptors (Lipinski definition) is 2. The van der Waals surface area contributed by atoms with Crippen LogP contribution < -0.4 is 0 Å². The molecule has 0 unspecified atom stereocenters. The molecule has 0 aliphatic carbocycles. The van der Waals surface area contributed by atoms with Gasteiger partial charge in [0.05, 0.1) is 6.42 Å². The number of aliphatic carboxylic acids is 1. The quantitative estimate of drug-likeness (QED) is 0.874. The fraction of sp³-hybridized carbons (Fsp3) is 0.385. The number of carbonyl (C=O) groups is 2. The third-order valence-electron chi connectivity index (χ3n) is 2.55. The molecule has 1 aromatic rings. The van der Waals surface area contributed by atoms with E-state index in [1.165, 1.54) is 17.0 Å². The standard InChI is InChI=1S/C13H16FNO3/c1-3-15(5-4-12(16)17)13(18)10-6-9(2)7-11(14)8-10/h6-8H,3-5H2,1-2H3,(H,16,17). The first-order valence-corrected chi connectivity index (χ1v) is 5.72. The molecule has 4 nitrogen and oxygen atoms in total. The number of halogens is 1. The second kappa shape index (κ2) is 6.14. The SMILES string of the molecule is CCN(CCC(=O)O)C(=O)c1cc(C)cc(F)c1. The van der Waals surface area contributed by atoms with E-state index in [0.717, 1.165) is 0 Å². The second-order valence-electron chi connectivity index (χ2n) is 4.05. The van der Waals surface area contributed by atoms with Crippen molar-refractivity contribution in [3.63, 3.8) is 0 Å². The van der Waals surface area contributed by atoms with Gasteiger partial charge >= 0.3 is 5.97 Å². The van der Waals surface area contributed by atoms with Crippen LogP contribution in [0.25, 0.3) is 0 Å². The van der Waals surface area contributed by atoms with Gasteiger partial charge in [0.1, 0.15) is 5.82 Å². The zero-order valence-electron chi connectivity index (χ0n) is 10.4. The van der Waals surface area contributed by atoms with Crippen LogP contribution in [0.2, 0.25) is 0 Å². The first kappa shape index (κ1) is 14.2. The summed E-state index contributed by atoms with van der Waals surface area (Å²) in [6, 6.07) is 4.10. The number of rotatable bonds is 5. The third-order valence-corrected chi connectivity index (χ3v) is 2.55. The van der Waals surface area contributed by atoms with E-state index in [2.05, 4.69) is 0 Å². The summed E-state index contributed by atoms with van der Waals surface area (Å²) in [5.74, 6) is -1.77. The highest BCUT2D eigenvalue weighted by Crippen LogP contribution is 2.11. The summed E-state index contributed by atoms with van der Waals surface area (Å²) in [6.45, 7) is 3.97. The maximum absolute atomic E-state index is 13.2. The molecule has 0 heterocycles. The van der Waals surface area contributed by atoms with E-state index in [0.29, 0.717) is 12.1 Å². The molecule has 1 aromatic carbocycles. The second-order valence-corrected chi connectivity index (χ2v) is 4.05. The highest BCUT2D eigenvalue weighted by Gasteiger charge is 2.16. The van der Waals surface area contributed by atoms with Crippen LogP contribution in [0, 0.1) is 12.7 Å². The molecule has 1 amide bonds. The van der Waals surface area contributed by atoms with Crippen molar-refractivity contribution in [3.8, 4) is 0 Å². The van der Waals surface area contributed by atoms with Gasteiger partial charge < -0.3 is 10.0 Å². The third kappa shape index (κ3) is 3.84. The van der Waals surface area contributed by atoms with E-state index in [9.17, 15) is 14.0 Å². The Kier molecular flexibility index (Phi) is 4.83. The summed E-state index contributed by atoms with van der Waals surface area (Å²) in [5, 5.41) is 8.60. The van der Waals surface area contributed by atoms with Gasteiger partial charge in [0.15, 0.2) is 0 Å². The maximum atomic E-state index is 13.2. The normalized spacial score (nSPS) is 10.2. The number of carbonyl (C=O) groups excluding carboxylic acids is 1. The Hall–Kier alpha value is -1.91. The van der Waals surface area contributed by atoms with E-state index >= 15 is 0 Å². The summed E-state index contributed by atoms with van der Waals surface area (Å²) in [6.07, 6.45) is -0.117. The van der Waals surface area contributed by atoms with E-state index in [-0.39, 0.29) is 24.4 Å². The Bertz CT molecular complexity index is 439. The average molecular weight is 253 g/mol. The number of carboxylic acids is 1. The van der Waals surface area contributed by atoms with Crippen LogP contribution in [0.1, 0.15) is 29.3 Å². The molecular weight excluding hydrogens is 237 g/mol. The van der Waals surface area contributed by atoms with Crippen molar-refractivity contribution in [2.24, 2.45) is 0 Å². The van der Waals surface area contributed by atoms with Gasteiger partial charge in [-0.1, -0.05) is 0 Å². The van der Waals surface area contributed by atoms with E-state index in [4.69, 9.17) is 5.11 Å². The topological polar surface area (TPSA) is 57.6 Å². The molecular formula is C13H16FNO3. The molecule has 0 atom stereocenters. The summed E-state index contributed by atoms with van der Waals surface area (Å²) >= 11 is 0. The van der Waals surface area contributed by atoms with Gasteiger partial charge in [0.25, 0.3) is 5.91 Å². The number of nitrogens with zero attached hydrogens (tertiary/aromatic N) is 1. The number of aryl methyl sites for hydroxylation is 1. The Morgan fingerprint density at radius 3 is 2.50 bits per heavy atom. The number of amides is 1. The van der Waals surface area contributed by atoms with Gasteiger partial charge in [-0.3, -0.25) is 9.59 Å². The predicted molar refractivity (Wildman–Crippen MR) is 65.0 cm³/mol. The fourth-order valence-corrected chi connectivity index (χ4v) is 1.68. The van der Waals surface area contributed by atoms with Crippen LogP contribution in [0.4, 0.5) is 4.39 Å². The molecule has 0 aliphatic rings. The van der Waals surface area contributed by atoms with E-state index in [1.54, 1.807) is 19.9 Å². The van der Waals surface area contributed by atoms with Crippen LogP contribution in [0.15, 0.2) is 18.2 Å². The first-order valence-electron chi connectivity index (χ1n) is 5.72. The van der Waals surface area contributed by atoms with Crippen molar-refractivity contribution in [2.45, 2.75) is 20.3 Å². The molecule has 0 saturated carbocycles. The molecule has 18 heavy (non-hydrogen) atoms. The highest BCUT2D eigenvalue weighted by molar-refractivity contribution is 5.94. The zero-order chi connectivity index (χ0) is 13.7. The molecule has 0 spiro atoms. The fourth-order valence-electron chi connectivity index (χ4n) is 1.68. The largest absolute Gasteiger partial charge is 0.481 e.